The van der Waals surface area contributed by atoms with Crippen LogP contribution in [0, 0.1) is 13.8 Å². The van der Waals surface area contributed by atoms with E-state index in [9.17, 15) is 4.79 Å². The van der Waals surface area contributed by atoms with Crippen LogP contribution in [0.2, 0.25) is 0 Å². The molecule has 0 aliphatic carbocycles. The number of hydrogen-bond acceptors (Lipinski definition) is 4. The van der Waals surface area contributed by atoms with Crippen LogP contribution < -0.4 is 5.56 Å². The van der Waals surface area contributed by atoms with Gasteiger partial charge in [0.25, 0.3) is 5.56 Å². The summed E-state index contributed by atoms with van der Waals surface area (Å²) in [4.78, 5) is 19.1. The lowest BCUT2D eigenvalue weighted by Gasteiger charge is -2.05. The van der Waals surface area contributed by atoms with Gasteiger partial charge in [-0.1, -0.05) is 18.5 Å². The van der Waals surface area contributed by atoms with Gasteiger partial charge in [-0.2, -0.15) is 0 Å². The fraction of sp³-hybridized carbons (Fsp3) is 0.417. The molecule has 0 aliphatic rings. The van der Waals surface area contributed by atoms with E-state index >= 15 is 0 Å². The second kappa shape index (κ2) is 5.06. The number of hydrogen-bond donors (Lipinski definition) is 1. The molecule has 0 bridgehead atoms. The van der Waals surface area contributed by atoms with Crippen LogP contribution in [0.25, 0.3) is 11.4 Å². The monoisotopic (exact) mass is 311 g/mol. The Labute approximate surface area is 113 Å². The lowest BCUT2D eigenvalue weighted by Crippen LogP contribution is -2.14. The summed E-state index contributed by atoms with van der Waals surface area (Å²) < 4.78 is 5.60. The first-order valence-corrected chi connectivity index (χ1v) is 6.55. The molecule has 0 saturated heterocycles. The number of H-pyrrole nitrogens is 1. The first kappa shape index (κ1) is 13.0. The molecule has 0 fully saturated rings. The number of nitrogens with zero attached hydrogens (tertiary/aromatic N) is 2. The first-order chi connectivity index (χ1) is 8.54. The summed E-state index contributed by atoms with van der Waals surface area (Å²) in [5, 5.41) is 3.87. The van der Waals surface area contributed by atoms with Gasteiger partial charge in [-0.3, -0.25) is 4.79 Å². The smallest absolute Gasteiger partial charge is 0.265 e. The van der Waals surface area contributed by atoms with Gasteiger partial charge >= 0.3 is 0 Å². The summed E-state index contributed by atoms with van der Waals surface area (Å²) in [7, 11) is 0. The Bertz CT molecular complexity index is 611. The number of halogens is 1. The lowest BCUT2D eigenvalue weighted by atomic mass is 10.2. The average molecular weight is 312 g/mol. The summed E-state index contributed by atoms with van der Waals surface area (Å²) >= 11 is 3.27. The zero-order valence-electron chi connectivity index (χ0n) is 10.5. The van der Waals surface area contributed by atoms with Crippen molar-refractivity contribution in [3.8, 4) is 11.4 Å². The van der Waals surface area contributed by atoms with E-state index in [0.29, 0.717) is 16.1 Å². The van der Waals surface area contributed by atoms with E-state index in [-0.39, 0.29) is 5.56 Å². The third kappa shape index (κ3) is 2.25. The van der Waals surface area contributed by atoms with Gasteiger partial charge in [0.05, 0.1) is 17.0 Å². The summed E-state index contributed by atoms with van der Waals surface area (Å²) in [6.07, 6.45) is 1.68. The highest BCUT2D eigenvalue weighted by molar-refractivity contribution is 9.10. The van der Waals surface area contributed by atoms with Crippen LogP contribution in [0.5, 0.6) is 0 Å². The van der Waals surface area contributed by atoms with Crippen molar-refractivity contribution in [1.29, 1.82) is 0 Å². The van der Waals surface area contributed by atoms with Crippen LogP contribution in [0.4, 0.5) is 0 Å². The highest BCUT2D eigenvalue weighted by Gasteiger charge is 2.16. The predicted octanol–water partition coefficient (Wildman–Crippen LogP) is 2.76. The Kier molecular flexibility index (Phi) is 3.65. The van der Waals surface area contributed by atoms with Crippen molar-refractivity contribution in [2.24, 2.45) is 0 Å². The molecule has 0 saturated carbocycles. The molecule has 0 spiro atoms. The minimum atomic E-state index is -0.177. The zero-order chi connectivity index (χ0) is 13.3. The van der Waals surface area contributed by atoms with E-state index in [1.54, 1.807) is 6.92 Å². The topological polar surface area (TPSA) is 71.8 Å². The van der Waals surface area contributed by atoms with E-state index in [4.69, 9.17) is 4.52 Å². The highest BCUT2D eigenvalue weighted by Crippen LogP contribution is 2.24. The Hall–Kier alpha value is -1.43. The Morgan fingerprint density at radius 2 is 2.11 bits per heavy atom. The van der Waals surface area contributed by atoms with Gasteiger partial charge in [-0.15, -0.1) is 0 Å². The molecule has 96 valence electrons. The summed E-state index contributed by atoms with van der Waals surface area (Å²) in [5.41, 5.74) is 2.07. The minimum absolute atomic E-state index is 0.177. The third-order valence-corrected chi connectivity index (χ3v) is 3.51. The SMILES string of the molecule is CCCc1nc(-c2c(C)noc2C)[nH]c(=O)c1Br. The Morgan fingerprint density at radius 1 is 1.39 bits per heavy atom. The number of aromatic amines is 1. The van der Waals surface area contributed by atoms with Gasteiger partial charge in [-0.05, 0) is 36.2 Å². The molecule has 0 atom stereocenters. The van der Waals surface area contributed by atoms with Crippen molar-refractivity contribution >= 4 is 15.9 Å². The Morgan fingerprint density at radius 3 is 2.67 bits per heavy atom. The fourth-order valence-electron chi connectivity index (χ4n) is 1.85. The lowest BCUT2D eigenvalue weighted by molar-refractivity contribution is 0.393. The van der Waals surface area contributed by atoms with E-state index < -0.39 is 0 Å². The average Bonchev–Trinajstić information content (AvgIpc) is 2.65. The molecule has 18 heavy (non-hydrogen) atoms. The van der Waals surface area contributed by atoms with Gasteiger partial charge in [0.1, 0.15) is 16.1 Å². The van der Waals surface area contributed by atoms with E-state index in [1.807, 2.05) is 13.8 Å². The highest BCUT2D eigenvalue weighted by atomic mass is 79.9. The number of rotatable bonds is 3. The third-order valence-electron chi connectivity index (χ3n) is 2.69. The summed E-state index contributed by atoms with van der Waals surface area (Å²) in [6.45, 7) is 5.68. The van der Waals surface area contributed by atoms with Crippen LogP contribution in [0.1, 0.15) is 30.5 Å². The molecular weight excluding hydrogens is 298 g/mol. The maximum absolute atomic E-state index is 11.9. The van der Waals surface area contributed by atoms with Crippen molar-refractivity contribution in [3.05, 3.63) is 32.0 Å². The summed E-state index contributed by atoms with van der Waals surface area (Å²) in [6, 6.07) is 0. The largest absolute Gasteiger partial charge is 0.361 e. The molecule has 2 aromatic rings. The molecule has 0 aliphatic heterocycles. The predicted molar refractivity (Wildman–Crippen MR) is 71.5 cm³/mol. The quantitative estimate of drug-likeness (QED) is 0.946. The molecular formula is C12H14BrN3O2. The Balaban J connectivity index is 2.63. The van der Waals surface area contributed by atoms with Gasteiger partial charge in [0, 0.05) is 0 Å². The number of aryl methyl sites for hydroxylation is 3. The van der Waals surface area contributed by atoms with Gasteiger partial charge in [0.2, 0.25) is 0 Å². The maximum Gasteiger partial charge on any atom is 0.265 e. The van der Waals surface area contributed by atoms with Gasteiger partial charge in [0.15, 0.2) is 0 Å². The maximum atomic E-state index is 11.9. The van der Waals surface area contributed by atoms with Gasteiger partial charge < -0.3 is 9.51 Å². The molecule has 0 radical (unpaired) electrons. The van der Waals surface area contributed by atoms with E-state index in [0.717, 1.165) is 29.8 Å². The zero-order valence-corrected chi connectivity index (χ0v) is 12.1. The molecule has 0 amide bonds. The minimum Gasteiger partial charge on any atom is -0.361 e. The summed E-state index contributed by atoms with van der Waals surface area (Å²) in [5.74, 6) is 1.17. The van der Waals surface area contributed by atoms with Crippen molar-refractivity contribution in [2.75, 3.05) is 0 Å². The molecule has 2 heterocycles. The van der Waals surface area contributed by atoms with Gasteiger partial charge in [-0.25, -0.2) is 4.98 Å². The number of nitrogens with one attached hydrogen (secondary N) is 1. The molecule has 6 heteroatoms. The standard InChI is InChI=1S/C12H14BrN3O2/c1-4-5-8-10(13)12(17)15-11(14-8)9-6(2)16-18-7(9)3/h4-5H2,1-3H3,(H,14,15,17). The first-order valence-electron chi connectivity index (χ1n) is 5.76. The molecule has 0 aromatic carbocycles. The van der Waals surface area contributed by atoms with Crippen LogP contribution in [-0.2, 0) is 6.42 Å². The molecule has 5 nitrogen and oxygen atoms in total. The van der Waals surface area contributed by atoms with Crippen molar-refractivity contribution in [2.45, 2.75) is 33.6 Å². The van der Waals surface area contributed by atoms with Crippen LogP contribution in [0.3, 0.4) is 0 Å². The van der Waals surface area contributed by atoms with E-state index in [2.05, 4.69) is 31.1 Å². The number of aromatic nitrogens is 3. The normalized spacial score (nSPS) is 10.9. The van der Waals surface area contributed by atoms with Crippen LogP contribution in [0.15, 0.2) is 13.8 Å². The molecule has 1 N–H and O–H groups in total. The molecule has 2 rings (SSSR count). The fourth-order valence-corrected chi connectivity index (χ4v) is 2.23. The van der Waals surface area contributed by atoms with E-state index in [1.165, 1.54) is 0 Å². The van der Waals surface area contributed by atoms with Crippen LogP contribution in [-0.4, -0.2) is 15.1 Å². The second-order valence-electron chi connectivity index (χ2n) is 4.12. The van der Waals surface area contributed by atoms with Crippen molar-refractivity contribution < 1.29 is 4.52 Å². The molecule has 2 aromatic heterocycles. The van der Waals surface area contributed by atoms with Crippen molar-refractivity contribution in [3.63, 3.8) is 0 Å². The van der Waals surface area contributed by atoms with Crippen LogP contribution >= 0.6 is 15.9 Å². The van der Waals surface area contributed by atoms with Crippen molar-refractivity contribution in [1.82, 2.24) is 15.1 Å². The molecule has 0 unspecified atom stereocenters. The second-order valence-corrected chi connectivity index (χ2v) is 4.92.